The number of hydrogen-bond acceptors (Lipinski definition) is 3. The van der Waals surface area contributed by atoms with Crippen LogP contribution in [0.3, 0.4) is 0 Å². The van der Waals surface area contributed by atoms with Crippen molar-refractivity contribution >= 4 is 37.0 Å². The quantitative estimate of drug-likeness (QED) is 0.633. The minimum Gasteiger partial charge on any atom is -0.236 e. The number of hydrogen-bond donors (Lipinski definition) is 0. The molecule has 0 unspecified atom stereocenters. The highest BCUT2D eigenvalue weighted by Crippen LogP contribution is 2.26. The molecular formula is C17H19BrN2O2S. The smallest absolute Gasteiger partial charge is 0.236 e. The molecule has 0 bridgehead atoms. The summed E-state index contributed by atoms with van der Waals surface area (Å²) in [6.07, 6.45) is 3.21. The molecule has 0 spiro atoms. The molecule has 3 aromatic rings. The van der Waals surface area contributed by atoms with E-state index in [1.165, 1.54) is 3.97 Å². The Morgan fingerprint density at radius 3 is 2.30 bits per heavy atom. The molecule has 4 nitrogen and oxygen atoms in total. The Hall–Kier alpha value is -1.66. The fraction of sp³-hybridized carbons (Fsp3) is 0.235. The average molecular weight is 395 g/mol. The third-order valence-corrected chi connectivity index (χ3v) is 5.45. The number of benzene rings is 1. The third kappa shape index (κ3) is 3.33. The second-order valence-electron chi connectivity index (χ2n) is 4.95. The predicted octanol–water partition coefficient (Wildman–Crippen LogP) is 4.68. The van der Waals surface area contributed by atoms with Gasteiger partial charge in [0, 0.05) is 22.3 Å². The van der Waals surface area contributed by atoms with Crippen LogP contribution < -0.4 is 0 Å². The predicted molar refractivity (Wildman–Crippen MR) is 97.3 cm³/mol. The van der Waals surface area contributed by atoms with Crippen molar-refractivity contribution in [3.8, 4) is 0 Å². The molecule has 0 saturated heterocycles. The summed E-state index contributed by atoms with van der Waals surface area (Å²) in [5.74, 6) is 0. The molecule has 0 radical (unpaired) electrons. The van der Waals surface area contributed by atoms with Gasteiger partial charge in [0.1, 0.15) is 0 Å². The monoisotopic (exact) mass is 394 g/mol. The molecule has 2 aromatic heterocycles. The molecule has 1 aromatic carbocycles. The molecule has 122 valence electrons. The van der Waals surface area contributed by atoms with Crippen molar-refractivity contribution in [2.24, 2.45) is 0 Å². The van der Waals surface area contributed by atoms with E-state index in [4.69, 9.17) is 0 Å². The number of rotatable bonds is 2. The number of pyridine rings is 1. The molecule has 23 heavy (non-hydrogen) atoms. The van der Waals surface area contributed by atoms with E-state index >= 15 is 0 Å². The summed E-state index contributed by atoms with van der Waals surface area (Å²) in [7, 11) is -3.64. The summed E-state index contributed by atoms with van der Waals surface area (Å²) in [5.41, 5.74) is 2.33. The zero-order chi connectivity index (χ0) is 17.2. The van der Waals surface area contributed by atoms with Gasteiger partial charge in [-0.1, -0.05) is 31.5 Å². The van der Waals surface area contributed by atoms with Crippen LogP contribution in [-0.2, 0) is 10.0 Å². The fourth-order valence-corrected chi connectivity index (χ4v) is 3.92. The normalized spacial score (nSPS) is 11.2. The molecule has 0 amide bonds. The Bertz CT molecular complexity index is 929. The lowest BCUT2D eigenvalue weighted by atomic mass is 10.2. The average Bonchev–Trinajstić information content (AvgIpc) is 2.87. The van der Waals surface area contributed by atoms with Crippen LogP contribution in [0, 0.1) is 13.8 Å². The van der Waals surface area contributed by atoms with Gasteiger partial charge in [-0.3, -0.25) is 0 Å². The lowest BCUT2D eigenvalue weighted by Crippen LogP contribution is -2.12. The van der Waals surface area contributed by atoms with Crippen molar-refractivity contribution in [1.29, 1.82) is 0 Å². The van der Waals surface area contributed by atoms with E-state index in [9.17, 15) is 8.42 Å². The number of halogens is 1. The summed E-state index contributed by atoms with van der Waals surface area (Å²) < 4.78 is 27.6. The first-order chi connectivity index (χ1) is 10.9. The summed E-state index contributed by atoms with van der Waals surface area (Å²) in [5, 5.41) is 0.820. The van der Waals surface area contributed by atoms with Crippen LogP contribution in [0.5, 0.6) is 0 Å². The van der Waals surface area contributed by atoms with E-state index in [2.05, 4.69) is 20.9 Å². The molecule has 0 fully saturated rings. The molecule has 0 N–H and O–H groups in total. The summed E-state index contributed by atoms with van der Waals surface area (Å²) in [6, 6.07) is 8.68. The van der Waals surface area contributed by atoms with Crippen molar-refractivity contribution in [3.05, 3.63) is 58.3 Å². The Labute approximate surface area is 145 Å². The lowest BCUT2D eigenvalue weighted by molar-refractivity contribution is 0.588. The van der Waals surface area contributed by atoms with Crippen LogP contribution >= 0.6 is 15.9 Å². The van der Waals surface area contributed by atoms with E-state index in [0.29, 0.717) is 5.65 Å². The molecule has 2 heterocycles. The molecule has 0 aliphatic heterocycles. The maximum atomic E-state index is 12.8. The highest BCUT2D eigenvalue weighted by molar-refractivity contribution is 9.10. The number of nitrogens with zero attached hydrogens (tertiary/aromatic N) is 2. The SMILES string of the molecule is CC.Cc1ccc(S(=O)(=O)n2cc(C)c3cc(Br)cnc32)cc1. The van der Waals surface area contributed by atoms with E-state index in [-0.39, 0.29) is 4.90 Å². The van der Waals surface area contributed by atoms with Gasteiger partial charge < -0.3 is 0 Å². The van der Waals surface area contributed by atoms with E-state index < -0.39 is 10.0 Å². The molecule has 0 aliphatic carbocycles. The summed E-state index contributed by atoms with van der Waals surface area (Å²) in [6.45, 7) is 7.79. The van der Waals surface area contributed by atoms with Gasteiger partial charge in [0.25, 0.3) is 10.0 Å². The summed E-state index contributed by atoms with van der Waals surface area (Å²) in [4.78, 5) is 4.51. The third-order valence-electron chi connectivity index (χ3n) is 3.36. The van der Waals surface area contributed by atoms with Gasteiger partial charge in [-0.15, -0.1) is 0 Å². The zero-order valence-electron chi connectivity index (χ0n) is 13.5. The maximum Gasteiger partial charge on any atom is 0.269 e. The van der Waals surface area contributed by atoms with Gasteiger partial charge in [0.15, 0.2) is 5.65 Å². The lowest BCUT2D eigenvalue weighted by Gasteiger charge is -2.07. The van der Waals surface area contributed by atoms with Gasteiger partial charge in [0.05, 0.1) is 4.90 Å². The van der Waals surface area contributed by atoms with Crippen molar-refractivity contribution in [2.45, 2.75) is 32.6 Å². The maximum absolute atomic E-state index is 12.8. The van der Waals surface area contributed by atoms with Crippen LogP contribution in [0.15, 0.2) is 52.1 Å². The Morgan fingerprint density at radius 1 is 1.09 bits per heavy atom. The van der Waals surface area contributed by atoms with Crippen LogP contribution in [-0.4, -0.2) is 17.4 Å². The van der Waals surface area contributed by atoms with Crippen molar-refractivity contribution < 1.29 is 8.42 Å². The van der Waals surface area contributed by atoms with E-state index in [0.717, 1.165) is 21.0 Å². The Balaban J connectivity index is 0.000000924. The summed E-state index contributed by atoms with van der Waals surface area (Å²) >= 11 is 3.36. The minimum absolute atomic E-state index is 0.259. The number of fused-ring (bicyclic) bond motifs is 1. The highest BCUT2D eigenvalue weighted by Gasteiger charge is 2.21. The molecular weight excluding hydrogens is 376 g/mol. The topological polar surface area (TPSA) is 52.0 Å². The first-order valence-corrected chi connectivity index (χ1v) is 9.58. The van der Waals surface area contributed by atoms with Crippen molar-refractivity contribution in [3.63, 3.8) is 0 Å². The van der Waals surface area contributed by atoms with Crippen LogP contribution in [0.1, 0.15) is 25.0 Å². The van der Waals surface area contributed by atoms with Crippen LogP contribution in [0.25, 0.3) is 11.0 Å². The van der Waals surface area contributed by atoms with Gasteiger partial charge >= 0.3 is 0 Å². The first kappa shape index (κ1) is 17.7. The second kappa shape index (κ2) is 6.84. The number of aromatic nitrogens is 2. The first-order valence-electron chi connectivity index (χ1n) is 7.35. The number of aryl methyl sites for hydroxylation is 2. The van der Waals surface area contributed by atoms with Crippen molar-refractivity contribution in [1.82, 2.24) is 8.96 Å². The molecule has 0 atom stereocenters. The minimum atomic E-state index is -3.64. The Morgan fingerprint density at radius 2 is 1.70 bits per heavy atom. The van der Waals surface area contributed by atoms with Gasteiger partial charge in [0.2, 0.25) is 0 Å². The van der Waals surface area contributed by atoms with Gasteiger partial charge in [-0.05, 0) is 53.5 Å². The highest BCUT2D eigenvalue weighted by atomic mass is 79.9. The standard InChI is InChI=1S/C15H13BrN2O2S.C2H6/c1-10-3-5-13(6-4-10)21(19,20)18-9-11(2)14-7-12(16)8-17-15(14)18;1-2/h3-9H,1-2H3;1-2H3. The zero-order valence-corrected chi connectivity index (χ0v) is 15.9. The fourth-order valence-electron chi connectivity index (χ4n) is 2.21. The van der Waals surface area contributed by atoms with Gasteiger partial charge in [-0.25, -0.2) is 17.4 Å². The molecule has 6 heteroatoms. The van der Waals surface area contributed by atoms with Crippen LogP contribution in [0.4, 0.5) is 0 Å². The molecule has 0 saturated carbocycles. The van der Waals surface area contributed by atoms with Crippen LogP contribution in [0.2, 0.25) is 0 Å². The van der Waals surface area contributed by atoms with E-state index in [1.807, 2.05) is 33.8 Å². The van der Waals surface area contributed by atoms with E-state index in [1.54, 1.807) is 36.7 Å². The van der Waals surface area contributed by atoms with Crippen molar-refractivity contribution in [2.75, 3.05) is 0 Å². The molecule has 0 aliphatic rings. The second-order valence-corrected chi connectivity index (χ2v) is 7.68. The Kier molecular flexibility index (Phi) is 5.26. The molecule has 3 rings (SSSR count). The van der Waals surface area contributed by atoms with Gasteiger partial charge in [-0.2, -0.15) is 0 Å². The largest absolute Gasteiger partial charge is 0.269 e.